The number of alkyl halides is 1. The van der Waals surface area contributed by atoms with E-state index in [-0.39, 0.29) is 10.8 Å². The van der Waals surface area contributed by atoms with Gasteiger partial charge in [0.2, 0.25) is 0 Å². The average Bonchev–Trinajstić information content (AvgIpc) is 2.10. The third-order valence-corrected chi connectivity index (χ3v) is 3.63. The molecule has 0 amide bonds. The Morgan fingerprint density at radius 3 is 2.50 bits per heavy atom. The maximum atomic E-state index is 13.3. The van der Waals surface area contributed by atoms with Crippen LogP contribution >= 0.6 is 27.5 Å². The lowest BCUT2D eigenvalue weighted by molar-refractivity contribution is 0.397. The zero-order valence-electron chi connectivity index (χ0n) is 8.31. The SMILES string of the molecule is Cc1cc(Cl)c(C(Br)N(C)C)cc1F. The third-order valence-electron chi connectivity index (χ3n) is 1.99. The minimum absolute atomic E-state index is 0.0647. The summed E-state index contributed by atoms with van der Waals surface area (Å²) in [6.45, 7) is 1.70. The highest BCUT2D eigenvalue weighted by Crippen LogP contribution is 2.32. The molecule has 1 unspecified atom stereocenters. The fraction of sp³-hybridized carbons (Fsp3) is 0.400. The van der Waals surface area contributed by atoms with Crippen molar-refractivity contribution in [3.8, 4) is 0 Å². The maximum absolute atomic E-state index is 13.3. The van der Waals surface area contributed by atoms with Crippen LogP contribution in [-0.2, 0) is 0 Å². The number of benzene rings is 1. The summed E-state index contributed by atoms with van der Waals surface area (Å²) in [5.74, 6) is -0.226. The predicted molar refractivity (Wildman–Crippen MR) is 61.5 cm³/mol. The van der Waals surface area contributed by atoms with Gasteiger partial charge >= 0.3 is 0 Å². The second-order valence-corrected chi connectivity index (χ2v) is 4.70. The van der Waals surface area contributed by atoms with Crippen molar-refractivity contribution in [1.82, 2.24) is 4.90 Å². The third kappa shape index (κ3) is 2.47. The number of hydrogen-bond donors (Lipinski definition) is 0. The molecule has 0 spiro atoms. The van der Waals surface area contributed by atoms with Gasteiger partial charge in [-0.05, 0) is 38.7 Å². The van der Waals surface area contributed by atoms with Gasteiger partial charge in [-0.3, -0.25) is 4.90 Å². The predicted octanol–water partition coefficient (Wildman–Crippen LogP) is 3.74. The molecule has 0 fully saturated rings. The molecule has 0 saturated heterocycles. The Labute approximate surface area is 97.0 Å². The number of aryl methyl sites for hydroxylation is 1. The minimum atomic E-state index is -0.226. The van der Waals surface area contributed by atoms with E-state index >= 15 is 0 Å². The summed E-state index contributed by atoms with van der Waals surface area (Å²) < 4.78 is 13.3. The van der Waals surface area contributed by atoms with Gasteiger partial charge < -0.3 is 0 Å². The molecule has 0 bridgehead atoms. The second kappa shape index (κ2) is 4.60. The first-order valence-electron chi connectivity index (χ1n) is 4.19. The molecule has 1 rings (SSSR count). The molecule has 0 aliphatic rings. The minimum Gasteiger partial charge on any atom is -0.293 e. The van der Waals surface area contributed by atoms with Crippen LogP contribution in [0.25, 0.3) is 0 Å². The Kier molecular flexibility index (Phi) is 3.93. The van der Waals surface area contributed by atoms with Crippen molar-refractivity contribution in [1.29, 1.82) is 0 Å². The Bertz CT molecular complexity index is 341. The van der Waals surface area contributed by atoms with Gasteiger partial charge in [0.05, 0.1) is 4.95 Å². The summed E-state index contributed by atoms with van der Waals surface area (Å²) >= 11 is 9.45. The molecule has 1 nitrogen and oxygen atoms in total. The van der Waals surface area contributed by atoms with Crippen LogP contribution in [0.5, 0.6) is 0 Å². The van der Waals surface area contributed by atoms with Crippen molar-refractivity contribution in [2.75, 3.05) is 14.1 Å². The molecular weight excluding hydrogens is 268 g/mol. The molecule has 78 valence electrons. The van der Waals surface area contributed by atoms with E-state index in [1.54, 1.807) is 13.0 Å². The fourth-order valence-corrected chi connectivity index (χ4v) is 1.95. The van der Waals surface area contributed by atoms with Crippen LogP contribution in [0.4, 0.5) is 4.39 Å². The van der Waals surface area contributed by atoms with Crippen LogP contribution in [0.15, 0.2) is 12.1 Å². The lowest BCUT2D eigenvalue weighted by Crippen LogP contribution is -2.15. The average molecular weight is 281 g/mol. The molecular formula is C10H12BrClFN. The van der Waals surface area contributed by atoms with E-state index in [1.807, 2.05) is 19.0 Å². The smallest absolute Gasteiger partial charge is 0.126 e. The lowest BCUT2D eigenvalue weighted by atomic mass is 10.1. The molecule has 0 saturated carbocycles. The normalized spacial score (nSPS) is 13.4. The Morgan fingerprint density at radius 2 is 2.00 bits per heavy atom. The summed E-state index contributed by atoms with van der Waals surface area (Å²) in [4.78, 5) is 1.85. The number of halogens is 3. The number of hydrogen-bond acceptors (Lipinski definition) is 1. The molecule has 4 heteroatoms. The first-order valence-corrected chi connectivity index (χ1v) is 5.49. The van der Waals surface area contributed by atoms with Crippen molar-refractivity contribution in [3.05, 3.63) is 34.1 Å². The molecule has 0 radical (unpaired) electrons. The summed E-state index contributed by atoms with van der Waals surface area (Å²) in [5.41, 5.74) is 1.32. The van der Waals surface area contributed by atoms with Gasteiger partial charge in [0.15, 0.2) is 0 Å². The number of rotatable bonds is 2. The lowest BCUT2D eigenvalue weighted by Gasteiger charge is -2.19. The van der Waals surface area contributed by atoms with Gasteiger partial charge in [-0.1, -0.05) is 27.5 Å². The quantitative estimate of drug-likeness (QED) is 0.589. The highest BCUT2D eigenvalue weighted by molar-refractivity contribution is 9.09. The summed E-state index contributed by atoms with van der Waals surface area (Å²) in [5, 5.41) is 0.583. The molecule has 0 N–H and O–H groups in total. The van der Waals surface area contributed by atoms with Crippen LogP contribution in [0.1, 0.15) is 16.1 Å². The standard InChI is InChI=1S/C10H12BrClFN/c1-6-4-8(12)7(5-9(6)13)10(11)14(2)3/h4-5,10H,1-3H3. The summed E-state index contributed by atoms with van der Waals surface area (Å²) in [6.07, 6.45) is 0. The van der Waals surface area contributed by atoms with Crippen molar-refractivity contribution in [2.45, 2.75) is 11.9 Å². The van der Waals surface area contributed by atoms with Crippen LogP contribution < -0.4 is 0 Å². The Hall–Kier alpha value is -0.120. The van der Waals surface area contributed by atoms with E-state index in [0.717, 1.165) is 5.56 Å². The van der Waals surface area contributed by atoms with E-state index in [2.05, 4.69) is 15.9 Å². The van der Waals surface area contributed by atoms with Crippen LogP contribution in [0.2, 0.25) is 5.02 Å². The molecule has 0 aromatic heterocycles. The second-order valence-electron chi connectivity index (χ2n) is 3.42. The van der Waals surface area contributed by atoms with E-state index in [9.17, 15) is 4.39 Å². The van der Waals surface area contributed by atoms with Gasteiger partial charge in [0, 0.05) is 10.6 Å². The van der Waals surface area contributed by atoms with Crippen molar-refractivity contribution < 1.29 is 4.39 Å². The molecule has 0 heterocycles. The monoisotopic (exact) mass is 279 g/mol. The van der Waals surface area contributed by atoms with Gasteiger partial charge in [-0.2, -0.15) is 0 Å². The van der Waals surface area contributed by atoms with E-state index in [1.165, 1.54) is 6.07 Å². The Balaban J connectivity index is 3.15. The molecule has 1 aromatic carbocycles. The van der Waals surface area contributed by atoms with Crippen molar-refractivity contribution >= 4 is 27.5 Å². The maximum Gasteiger partial charge on any atom is 0.126 e. The first kappa shape index (κ1) is 12.0. The molecule has 0 aliphatic carbocycles. The molecule has 0 aliphatic heterocycles. The molecule has 1 atom stereocenters. The topological polar surface area (TPSA) is 3.24 Å². The van der Waals surface area contributed by atoms with Crippen LogP contribution in [-0.4, -0.2) is 19.0 Å². The van der Waals surface area contributed by atoms with Crippen molar-refractivity contribution in [3.63, 3.8) is 0 Å². The summed E-state index contributed by atoms with van der Waals surface area (Å²) in [7, 11) is 3.79. The van der Waals surface area contributed by atoms with E-state index in [4.69, 9.17) is 11.6 Å². The van der Waals surface area contributed by atoms with Gasteiger partial charge in [-0.25, -0.2) is 4.39 Å². The first-order chi connectivity index (χ1) is 6.43. The van der Waals surface area contributed by atoms with Gasteiger partial charge in [0.25, 0.3) is 0 Å². The number of nitrogens with zero attached hydrogens (tertiary/aromatic N) is 1. The largest absolute Gasteiger partial charge is 0.293 e. The van der Waals surface area contributed by atoms with E-state index in [0.29, 0.717) is 10.6 Å². The molecule has 14 heavy (non-hydrogen) atoms. The zero-order valence-corrected chi connectivity index (χ0v) is 10.7. The highest BCUT2D eigenvalue weighted by atomic mass is 79.9. The van der Waals surface area contributed by atoms with Crippen LogP contribution in [0.3, 0.4) is 0 Å². The van der Waals surface area contributed by atoms with Crippen molar-refractivity contribution in [2.24, 2.45) is 0 Å². The Morgan fingerprint density at radius 1 is 1.43 bits per heavy atom. The van der Waals surface area contributed by atoms with Gasteiger partial charge in [-0.15, -0.1) is 0 Å². The summed E-state index contributed by atoms with van der Waals surface area (Å²) in [6, 6.07) is 3.11. The van der Waals surface area contributed by atoms with Crippen LogP contribution in [0, 0.1) is 12.7 Å². The molecule has 1 aromatic rings. The van der Waals surface area contributed by atoms with Gasteiger partial charge in [0.1, 0.15) is 5.82 Å². The zero-order chi connectivity index (χ0) is 10.9. The van der Waals surface area contributed by atoms with E-state index < -0.39 is 0 Å². The fourth-order valence-electron chi connectivity index (χ4n) is 1.12. The highest BCUT2D eigenvalue weighted by Gasteiger charge is 2.15.